The summed E-state index contributed by atoms with van der Waals surface area (Å²) in [5.41, 5.74) is 0.352. The van der Waals surface area contributed by atoms with Crippen molar-refractivity contribution in [2.75, 3.05) is 0 Å². The Morgan fingerprint density at radius 3 is 2.68 bits per heavy atom. The van der Waals surface area contributed by atoms with E-state index in [2.05, 4.69) is 4.98 Å². The summed E-state index contributed by atoms with van der Waals surface area (Å²) in [7, 11) is 0. The summed E-state index contributed by atoms with van der Waals surface area (Å²) >= 11 is 0. The SMILES string of the molecule is Cc1nc2cc(C(=O)C3(C(=O)O)CCC3)ccc2o1. The van der Waals surface area contributed by atoms with Gasteiger partial charge in [0.25, 0.3) is 0 Å². The largest absolute Gasteiger partial charge is 0.480 e. The van der Waals surface area contributed by atoms with E-state index in [4.69, 9.17) is 4.42 Å². The normalized spacial score (nSPS) is 17.1. The van der Waals surface area contributed by atoms with Crippen molar-refractivity contribution in [2.24, 2.45) is 5.41 Å². The number of hydrogen-bond donors (Lipinski definition) is 1. The van der Waals surface area contributed by atoms with Crippen molar-refractivity contribution in [2.45, 2.75) is 26.2 Å². The molecule has 0 radical (unpaired) electrons. The van der Waals surface area contributed by atoms with E-state index in [1.165, 1.54) is 0 Å². The second kappa shape index (κ2) is 3.91. The van der Waals surface area contributed by atoms with Gasteiger partial charge in [-0.1, -0.05) is 6.42 Å². The van der Waals surface area contributed by atoms with Gasteiger partial charge in [0.2, 0.25) is 0 Å². The van der Waals surface area contributed by atoms with Gasteiger partial charge >= 0.3 is 5.97 Å². The van der Waals surface area contributed by atoms with Crippen molar-refractivity contribution in [1.82, 2.24) is 4.98 Å². The third-order valence-corrected chi connectivity index (χ3v) is 3.81. The lowest BCUT2D eigenvalue weighted by Gasteiger charge is -2.35. The van der Waals surface area contributed by atoms with Crippen LogP contribution in [0.3, 0.4) is 0 Å². The zero-order chi connectivity index (χ0) is 13.6. The first-order valence-electron chi connectivity index (χ1n) is 6.18. The van der Waals surface area contributed by atoms with Crippen LogP contribution in [0.25, 0.3) is 11.1 Å². The van der Waals surface area contributed by atoms with Gasteiger partial charge in [0, 0.05) is 12.5 Å². The number of carboxylic acids is 1. The summed E-state index contributed by atoms with van der Waals surface area (Å²) in [5, 5.41) is 9.28. The molecular weight excluding hydrogens is 246 g/mol. The molecule has 1 aromatic heterocycles. The number of aryl methyl sites for hydroxylation is 1. The minimum absolute atomic E-state index is 0.325. The number of fused-ring (bicyclic) bond motifs is 1. The minimum atomic E-state index is -1.23. The molecule has 0 spiro atoms. The topological polar surface area (TPSA) is 80.4 Å². The maximum Gasteiger partial charge on any atom is 0.317 e. The van der Waals surface area contributed by atoms with E-state index < -0.39 is 11.4 Å². The van der Waals surface area contributed by atoms with Gasteiger partial charge in [-0.25, -0.2) is 4.98 Å². The Labute approximate surface area is 109 Å². The van der Waals surface area contributed by atoms with E-state index >= 15 is 0 Å². The Bertz CT molecular complexity index is 682. The van der Waals surface area contributed by atoms with E-state index in [1.807, 2.05) is 0 Å². The quantitative estimate of drug-likeness (QED) is 0.676. The molecule has 19 heavy (non-hydrogen) atoms. The van der Waals surface area contributed by atoms with E-state index in [9.17, 15) is 14.7 Å². The molecule has 1 aliphatic rings. The monoisotopic (exact) mass is 259 g/mol. The van der Waals surface area contributed by atoms with Crippen molar-refractivity contribution in [3.05, 3.63) is 29.7 Å². The first-order valence-corrected chi connectivity index (χ1v) is 6.18. The summed E-state index contributed by atoms with van der Waals surface area (Å²) in [4.78, 5) is 27.9. The summed E-state index contributed by atoms with van der Waals surface area (Å²) in [6, 6.07) is 4.88. The Balaban J connectivity index is 2.04. The number of Topliss-reactive ketones (excluding diaryl/α,β-unsaturated/α-hetero) is 1. The number of rotatable bonds is 3. The first kappa shape index (κ1) is 11.9. The second-order valence-corrected chi connectivity index (χ2v) is 4.99. The lowest BCUT2D eigenvalue weighted by Crippen LogP contribution is -2.45. The van der Waals surface area contributed by atoms with Crippen molar-refractivity contribution < 1.29 is 19.1 Å². The van der Waals surface area contributed by atoms with Gasteiger partial charge in [-0.2, -0.15) is 0 Å². The zero-order valence-electron chi connectivity index (χ0n) is 10.5. The average molecular weight is 259 g/mol. The molecule has 1 N–H and O–H groups in total. The third-order valence-electron chi connectivity index (χ3n) is 3.81. The lowest BCUT2D eigenvalue weighted by molar-refractivity contribution is -0.150. The maximum absolute atomic E-state index is 12.4. The van der Waals surface area contributed by atoms with Crippen LogP contribution < -0.4 is 0 Å². The molecule has 0 aliphatic heterocycles. The number of aliphatic carboxylic acids is 1. The molecule has 3 rings (SSSR count). The third kappa shape index (κ3) is 1.65. The standard InChI is InChI=1S/C14H13NO4/c1-8-15-10-7-9(3-4-11(10)19-8)12(16)14(13(17)18)5-2-6-14/h3-4,7H,2,5-6H2,1H3,(H,17,18). The molecule has 0 bridgehead atoms. The highest BCUT2D eigenvalue weighted by Gasteiger charge is 2.51. The molecule has 0 saturated heterocycles. The molecule has 1 aromatic carbocycles. The molecule has 5 heteroatoms. The molecule has 0 atom stereocenters. The Hall–Kier alpha value is -2.17. The summed E-state index contributed by atoms with van der Waals surface area (Å²) in [5.74, 6) is -0.829. The van der Waals surface area contributed by atoms with Crippen molar-refractivity contribution in [3.63, 3.8) is 0 Å². The van der Waals surface area contributed by atoms with Gasteiger partial charge in [-0.15, -0.1) is 0 Å². The number of carbonyl (C=O) groups excluding carboxylic acids is 1. The fourth-order valence-electron chi connectivity index (χ4n) is 2.53. The predicted molar refractivity (Wildman–Crippen MR) is 67.0 cm³/mol. The van der Waals surface area contributed by atoms with E-state index in [1.54, 1.807) is 25.1 Å². The van der Waals surface area contributed by atoms with Crippen LogP contribution in [0.1, 0.15) is 35.5 Å². The van der Waals surface area contributed by atoms with Crippen LogP contribution in [-0.2, 0) is 4.79 Å². The van der Waals surface area contributed by atoms with Gasteiger partial charge in [-0.3, -0.25) is 9.59 Å². The number of carbonyl (C=O) groups is 2. The van der Waals surface area contributed by atoms with Crippen LogP contribution in [0.15, 0.2) is 22.6 Å². The predicted octanol–water partition coefficient (Wildman–Crippen LogP) is 2.57. The summed E-state index contributed by atoms with van der Waals surface area (Å²) < 4.78 is 5.34. The highest BCUT2D eigenvalue weighted by atomic mass is 16.4. The Kier molecular flexibility index (Phi) is 2.45. The number of carboxylic acid groups (broad SMARTS) is 1. The van der Waals surface area contributed by atoms with Gasteiger partial charge < -0.3 is 9.52 Å². The van der Waals surface area contributed by atoms with Crippen LogP contribution in [0.2, 0.25) is 0 Å². The highest BCUT2D eigenvalue weighted by molar-refractivity contribution is 6.13. The Morgan fingerprint density at radius 2 is 2.11 bits per heavy atom. The first-order chi connectivity index (χ1) is 9.03. The van der Waals surface area contributed by atoms with Gasteiger partial charge in [0.05, 0.1) is 0 Å². The number of hydrogen-bond acceptors (Lipinski definition) is 4. The zero-order valence-corrected chi connectivity index (χ0v) is 10.5. The molecule has 1 saturated carbocycles. The van der Waals surface area contributed by atoms with Crippen LogP contribution in [0.4, 0.5) is 0 Å². The smallest absolute Gasteiger partial charge is 0.317 e. The minimum Gasteiger partial charge on any atom is -0.480 e. The highest BCUT2D eigenvalue weighted by Crippen LogP contribution is 2.44. The molecule has 0 unspecified atom stereocenters. The number of aromatic nitrogens is 1. The van der Waals surface area contributed by atoms with E-state index in [0.29, 0.717) is 35.4 Å². The molecule has 0 amide bonds. The second-order valence-electron chi connectivity index (χ2n) is 4.99. The van der Waals surface area contributed by atoms with Gasteiger partial charge in [0.15, 0.2) is 17.3 Å². The van der Waals surface area contributed by atoms with Crippen LogP contribution in [0, 0.1) is 12.3 Å². The molecular formula is C14H13NO4. The van der Waals surface area contributed by atoms with Gasteiger partial charge in [0.1, 0.15) is 10.9 Å². The van der Waals surface area contributed by atoms with Crippen LogP contribution >= 0.6 is 0 Å². The molecule has 1 aliphatic carbocycles. The fourth-order valence-corrected chi connectivity index (χ4v) is 2.53. The molecule has 5 nitrogen and oxygen atoms in total. The number of oxazole rings is 1. The van der Waals surface area contributed by atoms with Crippen LogP contribution in [0.5, 0.6) is 0 Å². The number of nitrogens with zero attached hydrogens (tertiary/aromatic N) is 1. The average Bonchev–Trinajstić information content (AvgIpc) is 2.65. The summed E-state index contributed by atoms with van der Waals surface area (Å²) in [6.45, 7) is 1.73. The van der Waals surface area contributed by atoms with Crippen molar-refractivity contribution >= 4 is 22.9 Å². The molecule has 2 aromatic rings. The number of benzene rings is 1. The molecule has 98 valence electrons. The number of ketones is 1. The van der Waals surface area contributed by atoms with E-state index in [0.717, 1.165) is 6.42 Å². The lowest BCUT2D eigenvalue weighted by atomic mass is 9.64. The van der Waals surface area contributed by atoms with Crippen molar-refractivity contribution in [3.8, 4) is 0 Å². The van der Waals surface area contributed by atoms with E-state index in [-0.39, 0.29) is 5.78 Å². The Morgan fingerprint density at radius 1 is 1.37 bits per heavy atom. The van der Waals surface area contributed by atoms with Crippen molar-refractivity contribution in [1.29, 1.82) is 0 Å². The fraction of sp³-hybridized carbons (Fsp3) is 0.357. The molecule has 1 fully saturated rings. The summed E-state index contributed by atoms with van der Waals surface area (Å²) in [6.07, 6.45) is 1.61. The van der Waals surface area contributed by atoms with Crippen LogP contribution in [-0.4, -0.2) is 21.8 Å². The van der Waals surface area contributed by atoms with Gasteiger partial charge in [-0.05, 0) is 31.0 Å². The maximum atomic E-state index is 12.4. The molecule has 1 heterocycles.